The van der Waals surface area contributed by atoms with Crippen LogP contribution in [0.5, 0.6) is 0 Å². The molecular formula is C10H14N4O. The highest BCUT2D eigenvalue weighted by molar-refractivity contribution is 5.82. The predicted molar refractivity (Wildman–Crippen MR) is 58.5 cm³/mol. The molecular weight excluding hydrogens is 192 g/mol. The van der Waals surface area contributed by atoms with Crippen LogP contribution < -0.4 is 16.0 Å². The summed E-state index contributed by atoms with van der Waals surface area (Å²) in [6, 6.07) is 3.59. The van der Waals surface area contributed by atoms with E-state index in [0.29, 0.717) is 18.1 Å². The zero-order valence-corrected chi connectivity index (χ0v) is 8.44. The maximum atomic E-state index is 11.4. The van der Waals surface area contributed by atoms with Crippen LogP contribution >= 0.6 is 0 Å². The van der Waals surface area contributed by atoms with Gasteiger partial charge < -0.3 is 16.0 Å². The maximum absolute atomic E-state index is 11.4. The predicted octanol–water partition coefficient (Wildman–Crippen LogP) is -0.00990. The molecule has 5 heteroatoms. The van der Waals surface area contributed by atoms with Crippen molar-refractivity contribution in [3.63, 3.8) is 0 Å². The number of carbonyl (C=O) groups is 1. The fourth-order valence-corrected chi connectivity index (χ4v) is 1.66. The van der Waals surface area contributed by atoms with Crippen molar-refractivity contribution in [2.45, 2.75) is 6.42 Å². The van der Waals surface area contributed by atoms with Crippen LogP contribution in [0.15, 0.2) is 18.3 Å². The van der Waals surface area contributed by atoms with Crippen LogP contribution in [0.4, 0.5) is 11.5 Å². The van der Waals surface area contributed by atoms with E-state index in [1.165, 1.54) is 0 Å². The molecule has 0 aliphatic carbocycles. The molecule has 80 valence electrons. The third-order valence-electron chi connectivity index (χ3n) is 2.38. The van der Waals surface area contributed by atoms with Crippen LogP contribution in [0.3, 0.4) is 0 Å². The highest BCUT2D eigenvalue weighted by Crippen LogP contribution is 2.19. The molecule has 2 heterocycles. The van der Waals surface area contributed by atoms with Gasteiger partial charge in [-0.25, -0.2) is 4.98 Å². The second kappa shape index (κ2) is 4.16. The smallest absolute Gasteiger partial charge is 0.239 e. The molecule has 1 fully saturated rings. The van der Waals surface area contributed by atoms with E-state index in [9.17, 15) is 4.79 Å². The Morgan fingerprint density at radius 2 is 2.40 bits per heavy atom. The van der Waals surface area contributed by atoms with Crippen LogP contribution in [-0.4, -0.2) is 30.5 Å². The summed E-state index contributed by atoms with van der Waals surface area (Å²) in [4.78, 5) is 17.5. The van der Waals surface area contributed by atoms with Crippen molar-refractivity contribution in [1.82, 2.24) is 10.3 Å². The number of amides is 1. The van der Waals surface area contributed by atoms with E-state index < -0.39 is 0 Å². The average molecular weight is 206 g/mol. The van der Waals surface area contributed by atoms with Crippen molar-refractivity contribution < 1.29 is 4.79 Å². The van der Waals surface area contributed by atoms with Crippen molar-refractivity contribution in [1.29, 1.82) is 0 Å². The molecule has 0 atom stereocenters. The highest BCUT2D eigenvalue weighted by Gasteiger charge is 2.17. The van der Waals surface area contributed by atoms with Gasteiger partial charge >= 0.3 is 0 Å². The van der Waals surface area contributed by atoms with Gasteiger partial charge in [-0.1, -0.05) is 0 Å². The number of nitrogens with one attached hydrogen (secondary N) is 1. The molecule has 1 aliphatic heterocycles. The lowest BCUT2D eigenvalue weighted by atomic mass is 10.3. The lowest BCUT2D eigenvalue weighted by Crippen LogP contribution is -2.33. The molecule has 1 aromatic heterocycles. The van der Waals surface area contributed by atoms with E-state index in [1.54, 1.807) is 18.3 Å². The summed E-state index contributed by atoms with van der Waals surface area (Å²) in [5.41, 5.74) is 6.43. The van der Waals surface area contributed by atoms with Gasteiger partial charge in [0.15, 0.2) is 5.82 Å². The lowest BCUT2D eigenvalue weighted by Gasteiger charge is -2.21. The molecule has 1 amide bonds. The second-order valence-corrected chi connectivity index (χ2v) is 3.54. The molecule has 0 aromatic carbocycles. The van der Waals surface area contributed by atoms with Crippen molar-refractivity contribution >= 4 is 17.4 Å². The van der Waals surface area contributed by atoms with E-state index in [1.807, 2.05) is 4.90 Å². The summed E-state index contributed by atoms with van der Waals surface area (Å²) in [5, 5.41) is 2.81. The number of anilines is 2. The first-order chi connectivity index (χ1) is 7.27. The standard InChI is InChI=1S/C10H14N4O/c11-8-3-1-4-13-10(8)14-6-2-5-12-9(15)7-14/h1,3-4H,2,5-7,11H2,(H,12,15). The number of hydrogen-bond donors (Lipinski definition) is 2. The summed E-state index contributed by atoms with van der Waals surface area (Å²) < 4.78 is 0. The third kappa shape index (κ3) is 2.18. The van der Waals surface area contributed by atoms with Gasteiger partial charge in [0, 0.05) is 19.3 Å². The number of aromatic nitrogens is 1. The van der Waals surface area contributed by atoms with Gasteiger partial charge in [-0.3, -0.25) is 4.79 Å². The summed E-state index contributed by atoms with van der Waals surface area (Å²) in [6.45, 7) is 1.86. The molecule has 0 saturated carbocycles. The number of nitrogen functional groups attached to an aromatic ring is 1. The molecule has 15 heavy (non-hydrogen) atoms. The highest BCUT2D eigenvalue weighted by atomic mass is 16.2. The van der Waals surface area contributed by atoms with Gasteiger partial charge in [0.1, 0.15) is 0 Å². The van der Waals surface area contributed by atoms with Gasteiger partial charge in [0.05, 0.1) is 12.2 Å². The number of carbonyl (C=O) groups excluding carboxylic acids is 1. The average Bonchev–Trinajstić information content (AvgIpc) is 2.43. The van der Waals surface area contributed by atoms with Crippen LogP contribution in [0, 0.1) is 0 Å². The quantitative estimate of drug-likeness (QED) is 0.678. The van der Waals surface area contributed by atoms with Crippen LogP contribution in [0.1, 0.15) is 6.42 Å². The van der Waals surface area contributed by atoms with Crippen molar-refractivity contribution in [2.24, 2.45) is 0 Å². The van der Waals surface area contributed by atoms with Gasteiger partial charge in [-0.05, 0) is 18.6 Å². The van der Waals surface area contributed by atoms with Crippen LogP contribution in [0.2, 0.25) is 0 Å². The number of rotatable bonds is 1. The first kappa shape index (κ1) is 9.76. The summed E-state index contributed by atoms with van der Waals surface area (Å²) in [6.07, 6.45) is 2.61. The Hall–Kier alpha value is -1.78. The Morgan fingerprint density at radius 1 is 1.53 bits per heavy atom. The number of nitrogens with zero attached hydrogens (tertiary/aromatic N) is 2. The minimum atomic E-state index is 0.0255. The molecule has 1 aliphatic rings. The molecule has 1 aromatic rings. The molecule has 5 nitrogen and oxygen atoms in total. The molecule has 3 N–H and O–H groups in total. The number of pyridine rings is 1. The summed E-state index contributed by atoms with van der Waals surface area (Å²) >= 11 is 0. The summed E-state index contributed by atoms with van der Waals surface area (Å²) in [5.74, 6) is 0.729. The Morgan fingerprint density at radius 3 is 3.20 bits per heavy atom. The van der Waals surface area contributed by atoms with Gasteiger partial charge in [0.25, 0.3) is 0 Å². The second-order valence-electron chi connectivity index (χ2n) is 3.54. The van der Waals surface area contributed by atoms with Gasteiger partial charge in [0.2, 0.25) is 5.91 Å². The minimum absolute atomic E-state index is 0.0255. The monoisotopic (exact) mass is 206 g/mol. The van der Waals surface area contributed by atoms with Crippen molar-refractivity contribution in [3.05, 3.63) is 18.3 Å². The topological polar surface area (TPSA) is 71.2 Å². The number of hydrogen-bond acceptors (Lipinski definition) is 4. The zero-order valence-electron chi connectivity index (χ0n) is 8.44. The Labute approximate surface area is 88.3 Å². The molecule has 2 rings (SSSR count). The van der Waals surface area contributed by atoms with Gasteiger partial charge in [-0.15, -0.1) is 0 Å². The summed E-state index contributed by atoms with van der Waals surface area (Å²) in [7, 11) is 0. The molecule has 0 spiro atoms. The SMILES string of the molecule is Nc1cccnc1N1CCCNC(=O)C1. The number of nitrogens with two attached hydrogens (primary N) is 1. The fourth-order valence-electron chi connectivity index (χ4n) is 1.66. The van der Waals surface area contributed by atoms with E-state index in [-0.39, 0.29) is 5.91 Å². The van der Waals surface area contributed by atoms with Crippen molar-refractivity contribution in [3.8, 4) is 0 Å². The molecule has 0 unspecified atom stereocenters. The molecule has 0 bridgehead atoms. The minimum Gasteiger partial charge on any atom is -0.396 e. The van der Waals surface area contributed by atoms with E-state index in [0.717, 1.165) is 19.5 Å². The van der Waals surface area contributed by atoms with Crippen molar-refractivity contribution in [2.75, 3.05) is 30.3 Å². The Balaban J connectivity index is 2.22. The third-order valence-corrected chi connectivity index (χ3v) is 2.38. The zero-order chi connectivity index (χ0) is 10.7. The first-order valence-corrected chi connectivity index (χ1v) is 4.99. The maximum Gasteiger partial charge on any atom is 0.239 e. The Bertz CT molecular complexity index is 366. The molecule has 0 radical (unpaired) electrons. The Kier molecular flexibility index (Phi) is 2.71. The van der Waals surface area contributed by atoms with E-state index in [4.69, 9.17) is 5.73 Å². The normalized spacial score (nSPS) is 17.1. The van der Waals surface area contributed by atoms with E-state index in [2.05, 4.69) is 10.3 Å². The van der Waals surface area contributed by atoms with Crippen LogP contribution in [0.25, 0.3) is 0 Å². The lowest BCUT2D eigenvalue weighted by molar-refractivity contribution is -0.119. The largest absolute Gasteiger partial charge is 0.396 e. The first-order valence-electron chi connectivity index (χ1n) is 4.99. The fraction of sp³-hybridized carbons (Fsp3) is 0.400. The van der Waals surface area contributed by atoms with E-state index >= 15 is 0 Å². The van der Waals surface area contributed by atoms with Gasteiger partial charge in [-0.2, -0.15) is 0 Å². The molecule has 1 saturated heterocycles. The van der Waals surface area contributed by atoms with Crippen LogP contribution in [-0.2, 0) is 4.79 Å².